The summed E-state index contributed by atoms with van der Waals surface area (Å²) in [5.74, 6) is -0.0736. The van der Waals surface area contributed by atoms with Crippen LogP contribution >= 0.6 is 0 Å². The van der Waals surface area contributed by atoms with Crippen molar-refractivity contribution in [1.82, 2.24) is 4.90 Å². The molecule has 0 spiro atoms. The van der Waals surface area contributed by atoms with Crippen molar-refractivity contribution in [2.45, 2.75) is 45.2 Å². The maximum Gasteiger partial charge on any atom is 0.146 e. The van der Waals surface area contributed by atoms with Crippen LogP contribution in [0.3, 0.4) is 0 Å². The predicted octanol–water partition coefficient (Wildman–Crippen LogP) is 3.20. The molecule has 104 valence electrons. The maximum atomic E-state index is 14.2. The summed E-state index contributed by atoms with van der Waals surface area (Å²) in [5.41, 5.74) is 1.94. The highest BCUT2D eigenvalue weighted by atomic mass is 19.1. The lowest BCUT2D eigenvalue weighted by Crippen LogP contribution is -2.56. The van der Waals surface area contributed by atoms with Crippen molar-refractivity contribution in [2.24, 2.45) is 0 Å². The fourth-order valence-electron chi connectivity index (χ4n) is 3.57. The minimum atomic E-state index is -0.0736. The number of piperazine rings is 1. The maximum absolute atomic E-state index is 14.2. The van der Waals surface area contributed by atoms with Gasteiger partial charge in [-0.15, -0.1) is 0 Å². The highest BCUT2D eigenvalue weighted by Gasteiger charge is 2.36. The molecule has 19 heavy (non-hydrogen) atoms. The highest BCUT2D eigenvalue weighted by Crippen LogP contribution is 2.31. The Morgan fingerprint density at radius 1 is 1.32 bits per heavy atom. The quantitative estimate of drug-likeness (QED) is 0.807. The summed E-state index contributed by atoms with van der Waals surface area (Å²) in [7, 11) is 0. The van der Waals surface area contributed by atoms with E-state index in [2.05, 4.69) is 16.7 Å². The number of hydrogen-bond donors (Lipinski definition) is 0. The van der Waals surface area contributed by atoms with Crippen LogP contribution in [0.15, 0.2) is 18.2 Å². The van der Waals surface area contributed by atoms with Crippen LogP contribution in [0.5, 0.6) is 0 Å². The Balaban J connectivity index is 1.90. The van der Waals surface area contributed by atoms with Gasteiger partial charge in [-0.05, 0) is 50.4 Å². The Labute approximate surface area is 115 Å². The molecule has 0 aromatic heterocycles. The molecular formula is C16H23FN2. The molecule has 0 radical (unpaired) electrons. The second-order valence-corrected chi connectivity index (χ2v) is 5.96. The topological polar surface area (TPSA) is 6.48 Å². The first-order chi connectivity index (χ1) is 9.19. The van der Waals surface area contributed by atoms with Gasteiger partial charge in [-0.25, -0.2) is 4.39 Å². The molecule has 2 aliphatic rings. The standard InChI is InChI=1S/C16H23FN2/c1-3-13-10-18-8-4-5-14(18)11-19(13)16-9-12(2)6-7-15(16)17/h6-7,9,13-14H,3-5,8,10-11H2,1-2H3. The summed E-state index contributed by atoms with van der Waals surface area (Å²) < 4.78 is 14.2. The first-order valence-corrected chi connectivity index (χ1v) is 7.46. The fourth-order valence-corrected chi connectivity index (χ4v) is 3.57. The van der Waals surface area contributed by atoms with E-state index in [4.69, 9.17) is 0 Å². The summed E-state index contributed by atoms with van der Waals surface area (Å²) in [6, 6.07) is 6.54. The number of halogens is 1. The van der Waals surface area contributed by atoms with Crippen molar-refractivity contribution in [3.8, 4) is 0 Å². The molecule has 0 bridgehead atoms. The van der Waals surface area contributed by atoms with Gasteiger partial charge in [0, 0.05) is 25.2 Å². The third-order valence-electron chi connectivity index (χ3n) is 4.67. The molecule has 1 aromatic carbocycles. The zero-order chi connectivity index (χ0) is 13.4. The molecule has 2 heterocycles. The van der Waals surface area contributed by atoms with E-state index in [0.717, 1.165) is 30.8 Å². The Hall–Kier alpha value is -1.09. The number of anilines is 1. The highest BCUT2D eigenvalue weighted by molar-refractivity contribution is 5.51. The van der Waals surface area contributed by atoms with Crippen LogP contribution in [0.2, 0.25) is 0 Å². The molecule has 2 unspecified atom stereocenters. The first kappa shape index (κ1) is 12.9. The largest absolute Gasteiger partial charge is 0.363 e. The lowest BCUT2D eigenvalue weighted by molar-refractivity contribution is 0.194. The van der Waals surface area contributed by atoms with E-state index in [9.17, 15) is 4.39 Å². The summed E-state index contributed by atoms with van der Waals surface area (Å²) in [6.45, 7) is 7.55. The van der Waals surface area contributed by atoms with Crippen molar-refractivity contribution >= 4 is 5.69 Å². The van der Waals surface area contributed by atoms with Crippen LogP contribution in [-0.2, 0) is 0 Å². The number of rotatable bonds is 2. The van der Waals surface area contributed by atoms with Crippen molar-refractivity contribution in [1.29, 1.82) is 0 Å². The molecule has 0 saturated carbocycles. The second-order valence-electron chi connectivity index (χ2n) is 5.96. The number of benzene rings is 1. The number of hydrogen-bond acceptors (Lipinski definition) is 2. The molecule has 2 nitrogen and oxygen atoms in total. The van der Waals surface area contributed by atoms with Gasteiger partial charge >= 0.3 is 0 Å². The minimum absolute atomic E-state index is 0.0736. The van der Waals surface area contributed by atoms with E-state index in [1.807, 2.05) is 19.1 Å². The number of nitrogens with zero attached hydrogens (tertiary/aromatic N) is 2. The number of fused-ring (bicyclic) bond motifs is 1. The Morgan fingerprint density at radius 2 is 2.16 bits per heavy atom. The van der Waals surface area contributed by atoms with Gasteiger partial charge in [0.05, 0.1) is 5.69 Å². The van der Waals surface area contributed by atoms with Gasteiger partial charge in [0.15, 0.2) is 0 Å². The van der Waals surface area contributed by atoms with Gasteiger partial charge in [0.1, 0.15) is 5.82 Å². The third-order valence-corrected chi connectivity index (χ3v) is 4.67. The SMILES string of the molecule is CCC1CN2CCCC2CN1c1cc(C)ccc1F. The van der Waals surface area contributed by atoms with E-state index in [1.165, 1.54) is 19.4 Å². The zero-order valence-electron chi connectivity index (χ0n) is 11.9. The van der Waals surface area contributed by atoms with E-state index in [1.54, 1.807) is 6.07 Å². The van der Waals surface area contributed by atoms with Crippen LogP contribution in [0.4, 0.5) is 10.1 Å². The van der Waals surface area contributed by atoms with Crippen molar-refractivity contribution < 1.29 is 4.39 Å². The average molecular weight is 262 g/mol. The molecule has 0 aliphatic carbocycles. The van der Waals surface area contributed by atoms with Crippen molar-refractivity contribution in [3.05, 3.63) is 29.6 Å². The molecule has 2 saturated heterocycles. The van der Waals surface area contributed by atoms with Gasteiger partial charge in [-0.3, -0.25) is 4.90 Å². The van der Waals surface area contributed by atoms with Gasteiger partial charge in [-0.1, -0.05) is 13.0 Å². The fraction of sp³-hybridized carbons (Fsp3) is 0.625. The molecular weight excluding hydrogens is 239 g/mol. The van der Waals surface area contributed by atoms with Gasteiger partial charge in [0.25, 0.3) is 0 Å². The molecule has 2 aliphatic heterocycles. The molecule has 2 atom stereocenters. The monoisotopic (exact) mass is 262 g/mol. The van der Waals surface area contributed by atoms with Crippen LogP contribution in [0.25, 0.3) is 0 Å². The average Bonchev–Trinajstić information content (AvgIpc) is 2.87. The van der Waals surface area contributed by atoms with Gasteiger partial charge in [0.2, 0.25) is 0 Å². The molecule has 0 amide bonds. The van der Waals surface area contributed by atoms with E-state index in [-0.39, 0.29) is 5.82 Å². The summed E-state index contributed by atoms with van der Waals surface area (Å²) in [6.07, 6.45) is 3.64. The minimum Gasteiger partial charge on any atom is -0.363 e. The Bertz CT molecular complexity index is 460. The molecule has 3 rings (SSSR count). The van der Waals surface area contributed by atoms with Crippen LogP contribution in [-0.4, -0.2) is 36.6 Å². The summed E-state index contributed by atoms with van der Waals surface area (Å²) in [5, 5.41) is 0. The van der Waals surface area contributed by atoms with Crippen molar-refractivity contribution in [2.75, 3.05) is 24.5 Å². The van der Waals surface area contributed by atoms with E-state index in [0.29, 0.717) is 12.1 Å². The van der Waals surface area contributed by atoms with Crippen LogP contribution in [0, 0.1) is 12.7 Å². The number of aryl methyl sites for hydroxylation is 1. The third kappa shape index (κ3) is 2.36. The van der Waals surface area contributed by atoms with E-state index >= 15 is 0 Å². The summed E-state index contributed by atoms with van der Waals surface area (Å²) >= 11 is 0. The van der Waals surface area contributed by atoms with E-state index < -0.39 is 0 Å². The smallest absolute Gasteiger partial charge is 0.146 e. The molecule has 1 aromatic rings. The van der Waals surface area contributed by atoms with Crippen molar-refractivity contribution in [3.63, 3.8) is 0 Å². The van der Waals surface area contributed by atoms with Gasteiger partial charge in [-0.2, -0.15) is 0 Å². The molecule has 3 heteroatoms. The lowest BCUT2D eigenvalue weighted by Gasteiger charge is -2.45. The Kier molecular flexibility index (Phi) is 3.48. The molecule has 0 N–H and O–H groups in total. The zero-order valence-corrected chi connectivity index (χ0v) is 11.9. The molecule has 2 fully saturated rings. The predicted molar refractivity (Wildman–Crippen MR) is 77.2 cm³/mol. The van der Waals surface area contributed by atoms with Gasteiger partial charge < -0.3 is 4.90 Å². The summed E-state index contributed by atoms with van der Waals surface area (Å²) in [4.78, 5) is 4.91. The second kappa shape index (κ2) is 5.12. The van der Waals surface area contributed by atoms with Crippen LogP contribution < -0.4 is 4.90 Å². The normalized spacial score (nSPS) is 27.6. The lowest BCUT2D eigenvalue weighted by atomic mass is 10.0. The first-order valence-electron chi connectivity index (χ1n) is 7.46. The Morgan fingerprint density at radius 3 is 2.95 bits per heavy atom. The van der Waals surface area contributed by atoms with Crippen LogP contribution in [0.1, 0.15) is 31.7 Å².